The first kappa shape index (κ1) is 11.0. The highest BCUT2D eigenvalue weighted by Gasteiger charge is 1.98. The summed E-state index contributed by atoms with van der Waals surface area (Å²) in [5, 5.41) is 0.409. The summed E-state index contributed by atoms with van der Waals surface area (Å²) in [5.41, 5.74) is 1.58. The van der Waals surface area contributed by atoms with Gasteiger partial charge in [-0.05, 0) is 6.92 Å². The molecule has 5 heteroatoms. The van der Waals surface area contributed by atoms with Crippen molar-refractivity contribution in [3.05, 3.63) is 22.7 Å². The molecular formula is C6H7Cl3N2. The number of halogens is 3. The van der Waals surface area contributed by atoms with Crippen LogP contribution in [0.25, 0.3) is 0 Å². The van der Waals surface area contributed by atoms with Crippen LogP contribution in [0.4, 0.5) is 0 Å². The Balaban J connectivity index is 0.000001000. The van der Waals surface area contributed by atoms with Gasteiger partial charge in [0.1, 0.15) is 5.15 Å². The minimum Gasteiger partial charge on any atom is -0.255 e. The first-order valence-electron chi connectivity index (χ1n) is 2.78. The summed E-state index contributed by atoms with van der Waals surface area (Å²) in [7, 11) is 0. The lowest BCUT2D eigenvalue weighted by Crippen LogP contribution is -1.93. The van der Waals surface area contributed by atoms with Gasteiger partial charge in [-0.2, -0.15) is 0 Å². The van der Waals surface area contributed by atoms with Gasteiger partial charge in [-0.3, -0.25) is 4.98 Å². The van der Waals surface area contributed by atoms with E-state index in [-0.39, 0.29) is 12.4 Å². The van der Waals surface area contributed by atoms with Crippen molar-refractivity contribution in [3.8, 4) is 0 Å². The third kappa shape index (κ3) is 2.81. The Morgan fingerprint density at radius 2 is 2.18 bits per heavy atom. The maximum atomic E-state index is 5.56. The Labute approximate surface area is 81.4 Å². The van der Waals surface area contributed by atoms with Crippen LogP contribution < -0.4 is 0 Å². The third-order valence-corrected chi connectivity index (χ3v) is 1.58. The molecule has 1 aromatic rings. The van der Waals surface area contributed by atoms with Crippen molar-refractivity contribution in [3.63, 3.8) is 0 Å². The standard InChI is InChI=1S/C6H6Cl2N2.ClH/c1-4-5(2-7)9-3-6(8)10-4;/h3H,2H2,1H3;1H. The zero-order valence-electron chi connectivity index (χ0n) is 5.84. The molecule has 0 aromatic carbocycles. The molecular weight excluding hydrogens is 206 g/mol. The molecule has 0 radical (unpaired) electrons. The molecule has 0 unspecified atom stereocenters. The molecule has 0 bridgehead atoms. The third-order valence-electron chi connectivity index (χ3n) is 1.15. The smallest absolute Gasteiger partial charge is 0.147 e. The van der Waals surface area contributed by atoms with Crippen molar-refractivity contribution < 1.29 is 0 Å². The van der Waals surface area contributed by atoms with Gasteiger partial charge < -0.3 is 0 Å². The lowest BCUT2D eigenvalue weighted by Gasteiger charge is -1.97. The Hall–Kier alpha value is -0.0500. The summed E-state index contributed by atoms with van der Waals surface area (Å²) >= 11 is 11.1. The van der Waals surface area contributed by atoms with Gasteiger partial charge in [-0.1, -0.05) is 11.6 Å². The van der Waals surface area contributed by atoms with Crippen LogP contribution in [-0.4, -0.2) is 9.97 Å². The van der Waals surface area contributed by atoms with Crippen molar-refractivity contribution >= 4 is 35.6 Å². The van der Waals surface area contributed by atoms with E-state index in [1.54, 1.807) is 0 Å². The number of alkyl halides is 1. The van der Waals surface area contributed by atoms with Crippen molar-refractivity contribution in [1.82, 2.24) is 9.97 Å². The first-order chi connectivity index (χ1) is 4.74. The van der Waals surface area contributed by atoms with Crippen LogP contribution in [0.2, 0.25) is 5.15 Å². The Morgan fingerprint density at radius 3 is 2.64 bits per heavy atom. The second kappa shape index (κ2) is 4.75. The van der Waals surface area contributed by atoms with Crippen molar-refractivity contribution in [2.75, 3.05) is 0 Å². The van der Waals surface area contributed by atoms with Gasteiger partial charge in [0.2, 0.25) is 0 Å². The molecule has 0 atom stereocenters. The van der Waals surface area contributed by atoms with Crippen molar-refractivity contribution in [2.24, 2.45) is 0 Å². The molecule has 11 heavy (non-hydrogen) atoms. The van der Waals surface area contributed by atoms with Crippen molar-refractivity contribution in [1.29, 1.82) is 0 Å². The molecule has 0 saturated heterocycles. The Bertz CT molecular complexity index is 239. The molecule has 1 rings (SSSR count). The van der Waals surface area contributed by atoms with Gasteiger partial charge in [0.15, 0.2) is 0 Å². The summed E-state index contributed by atoms with van der Waals surface area (Å²) in [6.07, 6.45) is 1.49. The number of rotatable bonds is 1. The van der Waals surface area contributed by atoms with Crippen LogP contribution >= 0.6 is 35.6 Å². The summed E-state index contributed by atoms with van der Waals surface area (Å²) in [6.45, 7) is 1.83. The van der Waals surface area contributed by atoms with Gasteiger partial charge in [0.25, 0.3) is 0 Å². The average molecular weight is 213 g/mol. The molecule has 62 valence electrons. The first-order valence-corrected chi connectivity index (χ1v) is 3.69. The van der Waals surface area contributed by atoms with Crippen LogP contribution in [0.5, 0.6) is 0 Å². The molecule has 0 N–H and O–H groups in total. The topological polar surface area (TPSA) is 25.8 Å². The summed E-state index contributed by atoms with van der Waals surface area (Å²) < 4.78 is 0. The molecule has 2 nitrogen and oxygen atoms in total. The highest BCUT2D eigenvalue weighted by molar-refractivity contribution is 6.29. The average Bonchev–Trinajstić information content (AvgIpc) is 1.88. The number of aromatic nitrogens is 2. The Kier molecular flexibility index (Phi) is 4.73. The number of hydrogen-bond acceptors (Lipinski definition) is 2. The fraction of sp³-hybridized carbons (Fsp3) is 0.333. The zero-order chi connectivity index (χ0) is 7.56. The van der Waals surface area contributed by atoms with Crippen LogP contribution in [0, 0.1) is 6.92 Å². The molecule has 0 saturated carbocycles. The molecule has 1 aromatic heterocycles. The second-order valence-electron chi connectivity index (χ2n) is 1.86. The van der Waals surface area contributed by atoms with E-state index in [1.165, 1.54) is 6.20 Å². The maximum absolute atomic E-state index is 5.56. The fourth-order valence-corrected chi connectivity index (χ4v) is 1.05. The normalized spacial score (nSPS) is 9.00. The molecule has 0 amide bonds. The van der Waals surface area contributed by atoms with Crippen LogP contribution in [0.1, 0.15) is 11.4 Å². The lowest BCUT2D eigenvalue weighted by molar-refractivity contribution is 1.03. The largest absolute Gasteiger partial charge is 0.255 e. The predicted molar refractivity (Wildman–Crippen MR) is 48.6 cm³/mol. The summed E-state index contributed by atoms with van der Waals surface area (Å²) in [6, 6.07) is 0. The number of nitrogens with zero attached hydrogens (tertiary/aromatic N) is 2. The molecule has 1 heterocycles. The highest BCUT2D eigenvalue weighted by atomic mass is 35.5. The summed E-state index contributed by atoms with van der Waals surface area (Å²) in [4.78, 5) is 7.93. The van der Waals surface area contributed by atoms with Crippen LogP contribution in [-0.2, 0) is 5.88 Å². The van der Waals surface area contributed by atoms with E-state index in [2.05, 4.69) is 9.97 Å². The number of hydrogen-bond donors (Lipinski definition) is 0. The lowest BCUT2D eigenvalue weighted by atomic mass is 10.4. The molecule has 0 aliphatic heterocycles. The number of aryl methyl sites for hydroxylation is 1. The predicted octanol–water partition coefficient (Wildman–Crippen LogP) is 2.60. The van der Waals surface area contributed by atoms with E-state index < -0.39 is 0 Å². The molecule has 0 aliphatic carbocycles. The van der Waals surface area contributed by atoms with Crippen LogP contribution in [0.3, 0.4) is 0 Å². The Morgan fingerprint density at radius 1 is 1.55 bits per heavy atom. The van der Waals surface area contributed by atoms with E-state index in [0.717, 1.165) is 11.4 Å². The fourth-order valence-electron chi connectivity index (χ4n) is 0.609. The minimum absolute atomic E-state index is 0. The maximum Gasteiger partial charge on any atom is 0.147 e. The van der Waals surface area contributed by atoms with Crippen LogP contribution in [0.15, 0.2) is 6.20 Å². The SMILES string of the molecule is Cc1nc(Cl)cnc1CCl.Cl. The van der Waals surface area contributed by atoms with Gasteiger partial charge >= 0.3 is 0 Å². The van der Waals surface area contributed by atoms with E-state index >= 15 is 0 Å². The van der Waals surface area contributed by atoms with E-state index in [9.17, 15) is 0 Å². The van der Waals surface area contributed by atoms with E-state index in [0.29, 0.717) is 11.0 Å². The summed E-state index contributed by atoms with van der Waals surface area (Å²) in [5.74, 6) is 0.385. The minimum atomic E-state index is 0. The van der Waals surface area contributed by atoms with Gasteiger partial charge in [-0.25, -0.2) is 4.98 Å². The highest BCUT2D eigenvalue weighted by Crippen LogP contribution is 2.08. The van der Waals surface area contributed by atoms with Gasteiger partial charge in [-0.15, -0.1) is 24.0 Å². The van der Waals surface area contributed by atoms with Crippen molar-refractivity contribution in [2.45, 2.75) is 12.8 Å². The molecule has 0 spiro atoms. The molecule has 0 aliphatic rings. The van der Waals surface area contributed by atoms with Gasteiger partial charge in [0.05, 0.1) is 23.5 Å². The van der Waals surface area contributed by atoms with E-state index in [4.69, 9.17) is 23.2 Å². The van der Waals surface area contributed by atoms with E-state index in [1.807, 2.05) is 6.92 Å². The quantitative estimate of drug-likeness (QED) is 0.670. The van der Waals surface area contributed by atoms with Gasteiger partial charge in [0, 0.05) is 0 Å². The zero-order valence-corrected chi connectivity index (χ0v) is 8.17. The molecule has 0 fully saturated rings. The second-order valence-corrected chi connectivity index (χ2v) is 2.51. The monoisotopic (exact) mass is 212 g/mol.